The van der Waals surface area contributed by atoms with Crippen LogP contribution in [-0.4, -0.2) is 10.0 Å². The van der Waals surface area contributed by atoms with Crippen molar-refractivity contribution in [1.82, 2.24) is 0 Å². The monoisotopic (exact) mass is 357 g/mol. The standard InChI is InChI=1S/C13H9BrClNO4/c14-8-4-5-13(11(6-8)16(18)19)20-12-3-1-2-10(15)9(12)7-17/h1-6,17H,7H2. The Labute approximate surface area is 128 Å². The average molecular weight is 359 g/mol. The molecule has 0 unspecified atom stereocenters. The molecule has 0 aliphatic rings. The van der Waals surface area contributed by atoms with Crippen LogP contribution in [0.1, 0.15) is 5.56 Å². The van der Waals surface area contributed by atoms with E-state index in [4.69, 9.17) is 16.3 Å². The highest BCUT2D eigenvalue weighted by atomic mass is 79.9. The van der Waals surface area contributed by atoms with Gasteiger partial charge in [-0.05, 0) is 24.3 Å². The summed E-state index contributed by atoms with van der Waals surface area (Å²) in [6, 6.07) is 9.29. The van der Waals surface area contributed by atoms with Crippen molar-refractivity contribution in [3.63, 3.8) is 0 Å². The number of halogens is 2. The number of ether oxygens (including phenoxy) is 1. The molecule has 104 valence electrons. The van der Waals surface area contributed by atoms with Crippen molar-refractivity contribution in [2.24, 2.45) is 0 Å². The highest BCUT2D eigenvalue weighted by Crippen LogP contribution is 2.36. The summed E-state index contributed by atoms with van der Waals surface area (Å²) in [7, 11) is 0. The molecular weight excluding hydrogens is 350 g/mol. The van der Waals surface area contributed by atoms with Crippen LogP contribution in [0.5, 0.6) is 11.5 Å². The maximum absolute atomic E-state index is 11.0. The van der Waals surface area contributed by atoms with E-state index in [2.05, 4.69) is 15.9 Å². The molecule has 2 rings (SSSR count). The van der Waals surface area contributed by atoms with Gasteiger partial charge in [-0.15, -0.1) is 0 Å². The molecule has 0 heterocycles. The summed E-state index contributed by atoms with van der Waals surface area (Å²) in [5, 5.41) is 20.6. The molecule has 0 aromatic heterocycles. The number of aliphatic hydroxyl groups excluding tert-OH is 1. The minimum Gasteiger partial charge on any atom is -0.450 e. The Kier molecular flexibility index (Phi) is 4.59. The van der Waals surface area contributed by atoms with Crippen LogP contribution in [0.4, 0.5) is 5.69 Å². The zero-order chi connectivity index (χ0) is 14.7. The minimum absolute atomic E-state index is 0.0789. The molecule has 0 saturated carbocycles. The molecule has 0 atom stereocenters. The van der Waals surface area contributed by atoms with Crippen LogP contribution in [0, 0.1) is 10.1 Å². The van der Waals surface area contributed by atoms with Crippen molar-refractivity contribution in [2.75, 3.05) is 0 Å². The topological polar surface area (TPSA) is 72.6 Å². The van der Waals surface area contributed by atoms with Crippen LogP contribution >= 0.6 is 27.5 Å². The van der Waals surface area contributed by atoms with Crippen LogP contribution in [0.15, 0.2) is 40.9 Å². The quantitative estimate of drug-likeness (QED) is 0.653. The van der Waals surface area contributed by atoms with Crippen LogP contribution < -0.4 is 4.74 Å². The van der Waals surface area contributed by atoms with E-state index in [9.17, 15) is 15.2 Å². The van der Waals surface area contributed by atoms with E-state index in [1.165, 1.54) is 12.1 Å². The fourth-order valence-electron chi connectivity index (χ4n) is 1.63. The molecule has 0 saturated heterocycles. The van der Waals surface area contributed by atoms with Gasteiger partial charge < -0.3 is 9.84 Å². The van der Waals surface area contributed by atoms with Crippen molar-refractivity contribution in [3.05, 3.63) is 61.6 Å². The van der Waals surface area contributed by atoms with E-state index in [0.29, 0.717) is 15.1 Å². The largest absolute Gasteiger partial charge is 0.450 e. The summed E-state index contributed by atoms with van der Waals surface area (Å²) in [5.41, 5.74) is 0.203. The first-order valence-electron chi connectivity index (χ1n) is 5.53. The molecule has 0 radical (unpaired) electrons. The maximum atomic E-state index is 11.0. The van der Waals surface area contributed by atoms with Gasteiger partial charge >= 0.3 is 5.69 Å². The van der Waals surface area contributed by atoms with E-state index < -0.39 is 4.92 Å². The number of aliphatic hydroxyl groups is 1. The molecule has 0 fully saturated rings. The summed E-state index contributed by atoms with van der Waals surface area (Å²) in [6.45, 7) is -0.320. The van der Waals surface area contributed by atoms with E-state index in [0.717, 1.165) is 0 Å². The molecule has 0 aliphatic heterocycles. The maximum Gasteiger partial charge on any atom is 0.312 e. The Bertz CT molecular complexity index is 663. The smallest absolute Gasteiger partial charge is 0.312 e. The second-order valence-electron chi connectivity index (χ2n) is 3.85. The third-order valence-corrected chi connectivity index (χ3v) is 3.42. The third-order valence-electron chi connectivity index (χ3n) is 2.57. The van der Waals surface area contributed by atoms with Crippen LogP contribution in [0.3, 0.4) is 0 Å². The van der Waals surface area contributed by atoms with Gasteiger partial charge in [-0.1, -0.05) is 33.6 Å². The van der Waals surface area contributed by atoms with E-state index in [1.807, 2.05) is 0 Å². The second-order valence-corrected chi connectivity index (χ2v) is 5.17. The number of benzene rings is 2. The summed E-state index contributed by atoms with van der Waals surface area (Å²) < 4.78 is 6.10. The molecule has 2 aromatic carbocycles. The van der Waals surface area contributed by atoms with Gasteiger partial charge in [0.25, 0.3) is 0 Å². The number of hydrogen-bond acceptors (Lipinski definition) is 4. The van der Waals surface area contributed by atoms with E-state index in [-0.39, 0.29) is 23.8 Å². The van der Waals surface area contributed by atoms with Gasteiger partial charge in [-0.3, -0.25) is 10.1 Å². The Morgan fingerprint density at radius 1 is 1.30 bits per heavy atom. The summed E-state index contributed by atoms with van der Waals surface area (Å²) >= 11 is 9.11. The van der Waals surface area contributed by atoms with Crippen molar-refractivity contribution in [1.29, 1.82) is 0 Å². The lowest BCUT2D eigenvalue weighted by atomic mass is 10.2. The lowest BCUT2D eigenvalue weighted by Gasteiger charge is -2.11. The Morgan fingerprint density at radius 2 is 2.05 bits per heavy atom. The first kappa shape index (κ1) is 14.8. The zero-order valence-corrected chi connectivity index (χ0v) is 12.4. The zero-order valence-electron chi connectivity index (χ0n) is 10.0. The molecule has 1 N–H and O–H groups in total. The fraction of sp³-hybridized carbons (Fsp3) is 0.0769. The second kappa shape index (κ2) is 6.21. The van der Waals surface area contributed by atoms with Gasteiger partial charge in [0, 0.05) is 21.1 Å². The highest BCUT2D eigenvalue weighted by Gasteiger charge is 2.18. The van der Waals surface area contributed by atoms with Crippen LogP contribution in [-0.2, 0) is 6.61 Å². The molecule has 0 bridgehead atoms. The molecule has 7 heteroatoms. The Balaban J connectivity index is 2.45. The molecule has 0 aliphatic carbocycles. The van der Waals surface area contributed by atoms with Crippen molar-refractivity contribution < 1.29 is 14.8 Å². The average Bonchev–Trinajstić information content (AvgIpc) is 2.41. The lowest BCUT2D eigenvalue weighted by molar-refractivity contribution is -0.385. The van der Waals surface area contributed by atoms with E-state index in [1.54, 1.807) is 24.3 Å². The molecule has 2 aromatic rings. The van der Waals surface area contributed by atoms with Gasteiger partial charge in [-0.2, -0.15) is 0 Å². The third kappa shape index (κ3) is 3.09. The van der Waals surface area contributed by atoms with Crippen molar-refractivity contribution in [3.8, 4) is 11.5 Å². The van der Waals surface area contributed by atoms with Gasteiger partial charge in [0.1, 0.15) is 5.75 Å². The number of nitrogens with zero attached hydrogens (tertiary/aromatic N) is 1. The predicted molar refractivity (Wildman–Crippen MR) is 78.2 cm³/mol. The highest BCUT2D eigenvalue weighted by molar-refractivity contribution is 9.10. The molecule has 0 amide bonds. The first-order chi connectivity index (χ1) is 9.52. The first-order valence-corrected chi connectivity index (χ1v) is 6.70. The summed E-state index contributed by atoms with van der Waals surface area (Å²) in [4.78, 5) is 10.5. The molecular formula is C13H9BrClNO4. The van der Waals surface area contributed by atoms with E-state index >= 15 is 0 Å². The molecule has 5 nitrogen and oxygen atoms in total. The van der Waals surface area contributed by atoms with Crippen molar-refractivity contribution in [2.45, 2.75) is 6.61 Å². The van der Waals surface area contributed by atoms with Crippen molar-refractivity contribution >= 4 is 33.2 Å². The van der Waals surface area contributed by atoms with Crippen LogP contribution in [0.2, 0.25) is 5.02 Å². The Hall–Kier alpha value is -1.63. The molecule has 0 spiro atoms. The number of rotatable bonds is 4. The van der Waals surface area contributed by atoms with Gasteiger partial charge in [0.15, 0.2) is 0 Å². The van der Waals surface area contributed by atoms with Gasteiger partial charge in [0.05, 0.1) is 11.5 Å². The van der Waals surface area contributed by atoms with Gasteiger partial charge in [0.2, 0.25) is 5.75 Å². The molecule has 20 heavy (non-hydrogen) atoms. The SMILES string of the molecule is O=[N+]([O-])c1cc(Br)ccc1Oc1cccc(Cl)c1CO. The number of nitro benzene ring substituents is 1. The van der Waals surface area contributed by atoms with Gasteiger partial charge in [-0.25, -0.2) is 0 Å². The minimum atomic E-state index is -0.538. The Morgan fingerprint density at radius 3 is 2.70 bits per heavy atom. The predicted octanol–water partition coefficient (Wildman–Crippen LogP) is 4.30. The summed E-state index contributed by atoms with van der Waals surface area (Å²) in [5.74, 6) is 0.362. The normalized spacial score (nSPS) is 10.3. The number of nitro groups is 1. The summed E-state index contributed by atoms with van der Waals surface area (Å²) in [6.07, 6.45) is 0. The van der Waals surface area contributed by atoms with Crippen LogP contribution in [0.25, 0.3) is 0 Å². The number of hydrogen-bond donors (Lipinski definition) is 1. The lowest BCUT2D eigenvalue weighted by Crippen LogP contribution is -1.96. The fourth-order valence-corrected chi connectivity index (χ4v) is 2.20.